The molecule has 0 atom stereocenters. The first-order chi connectivity index (χ1) is 29.7. The van der Waals surface area contributed by atoms with Crippen molar-refractivity contribution in [2.24, 2.45) is 0 Å². The Morgan fingerprint density at radius 2 is 1.11 bits per heavy atom. The number of hydrogen-bond acceptors (Lipinski definition) is 1. The summed E-state index contributed by atoms with van der Waals surface area (Å²) in [5.74, 6) is 0. The Balaban J connectivity index is 1.12. The highest BCUT2D eigenvalue weighted by Gasteiger charge is 2.36. The van der Waals surface area contributed by atoms with Crippen molar-refractivity contribution >= 4 is 49.6 Å². The van der Waals surface area contributed by atoms with E-state index in [4.69, 9.17) is 0 Å². The number of anilines is 3. The summed E-state index contributed by atoms with van der Waals surface area (Å²) in [5.41, 5.74) is 12.1. The standard InChI is InChI=1S/C55H40N2/c1-55(2)49-23-11-8-21-45(49)46-33-32-42(36-50(46)55)56(51-24-12-9-20-43(51)38-15-4-3-5-16-38)41-30-27-37(28-31-41)40-29-34-54-48(35-40)47-22-10-13-25-53(47)57(54)52-26-14-18-39-17-6-7-19-44(39)52/h3-36H,1-2H3/i27D,28D,30D,31D. The summed E-state index contributed by atoms with van der Waals surface area (Å²) < 4.78 is 41.3. The SMILES string of the molecule is [2H]c1c([2H])c(N(c2ccc3c(c2)C(C)(C)c2ccccc2-3)c2ccccc2-c2ccccc2)c([2H])c([2H])c1-c1ccc2c(c1)c1ccccc1n2-c1cccc2ccccc12. The first-order valence-electron chi connectivity index (χ1n) is 21.5. The maximum Gasteiger partial charge on any atom is 0.0645 e. The molecule has 0 aliphatic heterocycles. The molecule has 1 aliphatic carbocycles. The van der Waals surface area contributed by atoms with E-state index in [0.717, 1.165) is 71.9 Å². The smallest absolute Gasteiger partial charge is 0.0645 e. The fourth-order valence-electron chi connectivity index (χ4n) is 9.10. The third kappa shape index (κ3) is 5.25. The van der Waals surface area contributed by atoms with Gasteiger partial charge in [-0.05, 0) is 98.9 Å². The molecule has 2 heteroatoms. The highest BCUT2D eigenvalue weighted by Crippen LogP contribution is 2.51. The molecule has 270 valence electrons. The first-order valence-corrected chi connectivity index (χ1v) is 19.5. The Kier molecular flexibility index (Phi) is 6.64. The molecule has 0 bridgehead atoms. The van der Waals surface area contributed by atoms with E-state index in [2.05, 4.69) is 140 Å². The second-order valence-corrected chi connectivity index (χ2v) is 15.4. The number of aromatic nitrogens is 1. The molecule has 1 aromatic heterocycles. The van der Waals surface area contributed by atoms with Gasteiger partial charge in [-0.3, -0.25) is 0 Å². The molecular weight excluding hydrogens is 689 g/mol. The van der Waals surface area contributed by atoms with Crippen molar-refractivity contribution in [1.82, 2.24) is 4.57 Å². The van der Waals surface area contributed by atoms with Crippen LogP contribution in [0, 0.1) is 0 Å². The second-order valence-electron chi connectivity index (χ2n) is 15.4. The van der Waals surface area contributed by atoms with Gasteiger partial charge in [-0.1, -0.05) is 165 Å². The summed E-state index contributed by atoms with van der Waals surface area (Å²) in [6.45, 7) is 4.48. The van der Waals surface area contributed by atoms with Gasteiger partial charge in [0.2, 0.25) is 0 Å². The predicted octanol–water partition coefficient (Wildman–Crippen LogP) is 15.0. The normalized spacial score (nSPS) is 13.9. The van der Waals surface area contributed by atoms with Crippen LogP contribution < -0.4 is 4.90 Å². The lowest BCUT2D eigenvalue weighted by molar-refractivity contribution is 0.660. The summed E-state index contributed by atoms with van der Waals surface area (Å²) in [6, 6.07) is 61.8. The molecule has 0 unspecified atom stereocenters. The molecule has 10 aromatic rings. The van der Waals surface area contributed by atoms with Gasteiger partial charge in [0.25, 0.3) is 0 Å². The Bertz CT molecular complexity index is 3370. The van der Waals surface area contributed by atoms with Crippen molar-refractivity contribution in [3.8, 4) is 39.1 Å². The summed E-state index contributed by atoms with van der Waals surface area (Å²) in [6.07, 6.45) is 0. The molecule has 2 nitrogen and oxygen atoms in total. The van der Waals surface area contributed by atoms with Crippen molar-refractivity contribution in [3.63, 3.8) is 0 Å². The highest BCUT2D eigenvalue weighted by atomic mass is 15.1. The largest absolute Gasteiger partial charge is 0.310 e. The molecule has 0 radical (unpaired) electrons. The van der Waals surface area contributed by atoms with E-state index in [1.165, 1.54) is 11.1 Å². The van der Waals surface area contributed by atoms with Crippen molar-refractivity contribution in [3.05, 3.63) is 217 Å². The maximum absolute atomic E-state index is 9.81. The molecular formula is C55H40N2. The van der Waals surface area contributed by atoms with Crippen LogP contribution in [0.5, 0.6) is 0 Å². The topological polar surface area (TPSA) is 8.17 Å². The maximum atomic E-state index is 9.81. The molecule has 0 fully saturated rings. The van der Waals surface area contributed by atoms with Gasteiger partial charge < -0.3 is 9.47 Å². The molecule has 0 saturated heterocycles. The van der Waals surface area contributed by atoms with Crippen molar-refractivity contribution in [1.29, 1.82) is 0 Å². The number of rotatable bonds is 6. The van der Waals surface area contributed by atoms with E-state index in [1.54, 1.807) is 0 Å². The second kappa shape index (κ2) is 13.0. The summed E-state index contributed by atoms with van der Waals surface area (Å²) in [5, 5.41) is 4.31. The van der Waals surface area contributed by atoms with Crippen molar-refractivity contribution in [2.45, 2.75) is 19.3 Å². The average Bonchev–Trinajstić information content (AvgIpc) is 3.74. The van der Waals surface area contributed by atoms with Crippen LogP contribution in [0.2, 0.25) is 0 Å². The van der Waals surface area contributed by atoms with Gasteiger partial charge >= 0.3 is 0 Å². The number of fused-ring (bicyclic) bond motifs is 7. The van der Waals surface area contributed by atoms with Gasteiger partial charge in [0.15, 0.2) is 0 Å². The average molecular weight is 733 g/mol. The molecule has 9 aromatic carbocycles. The molecule has 1 aliphatic rings. The van der Waals surface area contributed by atoms with E-state index >= 15 is 0 Å². The fourth-order valence-corrected chi connectivity index (χ4v) is 9.10. The third-order valence-corrected chi connectivity index (χ3v) is 11.9. The fraction of sp³-hybridized carbons (Fsp3) is 0.0545. The van der Waals surface area contributed by atoms with E-state index in [-0.39, 0.29) is 40.8 Å². The molecule has 0 saturated carbocycles. The lowest BCUT2D eigenvalue weighted by Crippen LogP contribution is -2.16. The molecule has 0 amide bonds. The van der Waals surface area contributed by atoms with Gasteiger partial charge in [-0.25, -0.2) is 0 Å². The van der Waals surface area contributed by atoms with E-state index in [1.807, 2.05) is 65.6 Å². The quantitative estimate of drug-likeness (QED) is 0.165. The number of para-hydroxylation sites is 2. The highest BCUT2D eigenvalue weighted by molar-refractivity contribution is 6.11. The van der Waals surface area contributed by atoms with Crippen LogP contribution in [0.15, 0.2) is 206 Å². The zero-order valence-electron chi connectivity index (χ0n) is 35.7. The summed E-state index contributed by atoms with van der Waals surface area (Å²) >= 11 is 0. The van der Waals surface area contributed by atoms with Crippen LogP contribution in [-0.4, -0.2) is 4.57 Å². The minimum Gasteiger partial charge on any atom is -0.310 e. The van der Waals surface area contributed by atoms with Gasteiger partial charge in [0.05, 0.1) is 27.9 Å². The van der Waals surface area contributed by atoms with Crippen LogP contribution in [-0.2, 0) is 5.41 Å². The lowest BCUT2D eigenvalue weighted by Gasteiger charge is -2.30. The van der Waals surface area contributed by atoms with Gasteiger partial charge in [-0.15, -0.1) is 0 Å². The number of nitrogens with zero attached hydrogens (tertiary/aromatic N) is 2. The van der Waals surface area contributed by atoms with Crippen LogP contribution >= 0.6 is 0 Å². The van der Waals surface area contributed by atoms with E-state index in [0.29, 0.717) is 5.56 Å². The predicted molar refractivity (Wildman–Crippen MR) is 241 cm³/mol. The molecule has 0 spiro atoms. The molecule has 57 heavy (non-hydrogen) atoms. The minimum atomic E-state index is -0.291. The van der Waals surface area contributed by atoms with E-state index in [9.17, 15) is 5.48 Å². The molecule has 11 rings (SSSR count). The Hall–Kier alpha value is -7.16. The summed E-state index contributed by atoms with van der Waals surface area (Å²) in [4.78, 5) is 1.94. The Labute approximate surface area is 339 Å². The van der Waals surface area contributed by atoms with Crippen LogP contribution in [0.1, 0.15) is 30.5 Å². The lowest BCUT2D eigenvalue weighted by atomic mass is 9.82. The zero-order valence-corrected chi connectivity index (χ0v) is 31.7. The van der Waals surface area contributed by atoms with Crippen LogP contribution in [0.25, 0.3) is 71.6 Å². The Morgan fingerprint density at radius 3 is 1.96 bits per heavy atom. The zero-order chi connectivity index (χ0) is 41.6. The van der Waals surface area contributed by atoms with E-state index < -0.39 is 0 Å². The summed E-state index contributed by atoms with van der Waals surface area (Å²) in [7, 11) is 0. The number of benzene rings is 9. The van der Waals surface area contributed by atoms with Crippen LogP contribution in [0.4, 0.5) is 17.1 Å². The van der Waals surface area contributed by atoms with Gasteiger partial charge in [0, 0.05) is 38.5 Å². The monoisotopic (exact) mass is 732 g/mol. The van der Waals surface area contributed by atoms with Crippen molar-refractivity contribution < 1.29 is 5.48 Å². The van der Waals surface area contributed by atoms with Gasteiger partial charge in [-0.2, -0.15) is 0 Å². The van der Waals surface area contributed by atoms with Gasteiger partial charge in [0.1, 0.15) is 0 Å². The van der Waals surface area contributed by atoms with Crippen molar-refractivity contribution in [2.75, 3.05) is 4.90 Å². The first kappa shape index (κ1) is 29.2. The third-order valence-electron chi connectivity index (χ3n) is 11.9. The molecule has 0 N–H and O–H groups in total. The minimum absolute atomic E-state index is 0.0933. The molecule has 1 heterocycles. The van der Waals surface area contributed by atoms with Crippen LogP contribution in [0.3, 0.4) is 0 Å². The number of hydrogen-bond donors (Lipinski definition) is 0. The Morgan fingerprint density at radius 1 is 0.439 bits per heavy atom.